The second-order valence-electron chi connectivity index (χ2n) is 8.36. The molecule has 0 bridgehead atoms. The van der Waals surface area contributed by atoms with E-state index >= 15 is 0 Å². The fourth-order valence-electron chi connectivity index (χ4n) is 4.36. The highest BCUT2D eigenvalue weighted by molar-refractivity contribution is 7.13. The Bertz CT molecular complexity index is 1390. The Hall–Kier alpha value is -3.13. The minimum atomic E-state index is -0.663. The van der Waals surface area contributed by atoms with Crippen LogP contribution >= 0.6 is 34.5 Å². The zero-order valence-corrected chi connectivity index (χ0v) is 23.2. The van der Waals surface area contributed by atoms with Crippen LogP contribution in [0.3, 0.4) is 0 Å². The lowest BCUT2D eigenvalue weighted by atomic mass is 9.80. The van der Waals surface area contributed by atoms with E-state index in [0.717, 1.165) is 27.4 Å². The molecule has 0 aliphatic carbocycles. The van der Waals surface area contributed by atoms with E-state index < -0.39 is 17.9 Å². The molecular weight excluding hydrogens is 531 g/mol. The topological polar surface area (TPSA) is 77.5 Å². The first-order chi connectivity index (χ1) is 17.7. The van der Waals surface area contributed by atoms with Gasteiger partial charge in [-0.15, -0.1) is 11.3 Å². The number of dihydropyridines is 1. The number of esters is 2. The molecule has 1 N–H and O–H groups in total. The molecule has 9 heteroatoms. The highest BCUT2D eigenvalue weighted by Crippen LogP contribution is 2.41. The fourth-order valence-corrected chi connectivity index (χ4v) is 5.69. The molecule has 0 unspecified atom stereocenters. The van der Waals surface area contributed by atoms with Gasteiger partial charge < -0.3 is 14.8 Å². The predicted molar refractivity (Wildman–Crippen MR) is 148 cm³/mol. The lowest BCUT2D eigenvalue weighted by molar-refractivity contribution is -0.139. The molecule has 1 aliphatic rings. The standard InChI is InChI=1S/C28H26Cl2N2O4S/c1-5-35-27(33)23-15(3)31-16(4)24(28(34)36-6-2)25(23)17-8-7-9-18(12-17)26-32-22(14-37-26)20-11-10-19(29)13-21(20)30/h7-14,25,31H,5-6H2,1-4H3. The largest absolute Gasteiger partial charge is 0.463 e. The van der Waals surface area contributed by atoms with Crippen LogP contribution < -0.4 is 5.32 Å². The molecule has 192 valence electrons. The lowest BCUT2D eigenvalue weighted by Crippen LogP contribution is -2.32. The molecule has 3 aromatic rings. The normalized spacial score (nSPS) is 14.0. The van der Waals surface area contributed by atoms with Crippen LogP contribution in [0.25, 0.3) is 21.8 Å². The van der Waals surface area contributed by atoms with Gasteiger partial charge >= 0.3 is 11.9 Å². The summed E-state index contributed by atoms with van der Waals surface area (Å²) in [5.74, 6) is -1.62. The molecule has 0 saturated carbocycles. The van der Waals surface area contributed by atoms with E-state index in [0.29, 0.717) is 32.6 Å². The Labute approximate surface area is 229 Å². The number of ether oxygens (including phenoxy) is 2. The van der Waals surface area contributed by atoms with Crippen molar-refractivity contribution < 1.29 is 19.1 Å². The number of thiazole rings is 1. The number of nitrogens with one attached hydrogen (secondary N) is 1. The van der Waals surface area contributed by atoms with Crippen LogP contribution in [0.2, 0.25) is 10.0 Å². The van der Waals surface area contributed by atoms with Crippen LogP contribution in [0.4, 0.5) is 0 Å². The van der Waals surface area contributed by atoms with E-state index in [1.807, 2.05) is 35.7 Å². The second-order valence-corrected chi connectivity index (χ2v) is 10.1. The number of halogens is 2. The second kappa shape index (κ2) is 11.5. The van der Waals surface area contributed by atoms with Gasteiger partial charge in [-0.3, -0.25) is 0 Å². The van der Waals surface area contributed by atoms with E-state index in [1.54, 1.807) is 39.8 Å². The van der Waals surface area contributed by atoms with Crippen LogP contribution in [0.15, 0.2) is 70.4 Å². The average molecular weight is 557 g/mol. The number of carbonyl (C=O) groups is 2. The Balaban J connectivity index is 1.80. The van der Waals surface area contributed by atoms with Gasteiger partial charge in [-0.05, 0) is 57.5 Å². The molecule has 0 amide bonds. The van der Waals surface area contributed by atoms with Crippen molar-refractivity contribution in [3.05, 3.63) is 86.0 Å². The average Bonchev–Trinajstić information content (AvgIpc) is 3.34. The monoisotopic (exact) mass is 556 g/mol. The summed E-state index contributed by atoms with van der Waals surface area (Å²) in [6.07, 6.45) is 0. The maximum absolute atomic E-state index is 13.1. The smallest absolute Gasteiger partial charge is 0.336 e. The number of carbonyl (C=O) groups excluding carboxylic acids is 2. The van der Waals surface area contributed by atoms with E-state index in [-0.39, 0.29) is 13.2 Å². The summed E-state index contributed by atoms with van der Waals surface area (Å²) in [5.41, 5.74) is 5.14. The molecular formula is C28H26Cl2N2O4S. The number of benzene rings is 2. The van der Waals surface area contributed by atoms with Crippen LogP contribution in [0.5, 0.6) is 0 Å². The summed E-state index contributed by atoms with van der Waals surface area (Å²) in [6.45, 7) is 7.54. The summed E-state index contributed by atoms with van der Waals surface area (Å²) in [5, 5.41) is 6.94. The van der Waals surface area contributed by atoms with Crippen LogP contribution in [-0.2, 0) is 19.1 Å². The molecule has 1 aromatic heterocycles. The first-order valence-corrected chi connectivity index (χ1v) is 13.4. The number of hydrogen-bond donors (Lipinski definition) is 1. The van der Waals surface area contributed by atoms with Crippen LogP contribution in [-0.4, -0.2) is 30.1 Å². The molecule has 6 nitrogen and oxygen atoms in total. The van der Waals surface area contributed by atoms with Crippen LogP contribution in [0.1, 0.15) is 39.2 Å². The van der Waals surface area contributed by atoms with Crippen molar-refractivity contribution in [2.24, 2.45) is 0 Å². The van der Waals surface area contributed by atoms with Crippen molar-refractivity contribution in [2.75, 3.05) is 13.2 Å². The fraction of sp³-hybridized carbons (Fsp3) is 0.250. The SMILES string of the molecule is CCOC(=O)C1=C(C)NC(C)=C(C(=O)OCC)C1c1cccc(-c2nc(-c3ccc(Cl)cc3Cl)cs2)c1. The summed E-state index contributed by atoms with van der Waals surface area (Å²) in [6, 6.07) is 13.0. The quantitative estimate of drug-likeness (QED) is 0.311. The van der Waals surface area contributed by atoms with E-state index in [9.17, 15) is 9.59 Å². The number of hydrogen-bond acceptors (Lipinski definition) is 7. The molecule has 0 spiro atoms. The van der Waals surface area contributed by atoms with Gasteiger partial charge in [-0.25, -0.2) is 14.6 Å². The summed E-state index contributed by atoms with van der Waals surface area (Å²) in [7, 11) is 0. The number of allylic oxidation sites excluding steroid dienone is 2. The Kier molecular flexibility index (Phi) is 8.37. The molecule has 4 rings (SSSR count). The Morgan fingerprint density at radius 3 is 2.22 bits per heavy atom. The third-order valence-corrected chi connectivity index (χ3v) is 7.37. The van der Waals surface area contributed by atoms with Crippen molar-refractivity contribution in [2.45, 2.75) is 33.6 Å². The van der Waals surface area contributed by atoms with Gasteiger partial charge in [-0.1, -0.05) is 41.4 Å². The number of aromatic nitrogens is 1. The molecule has 0 saturated heterocycles. The van der Waals surface area contributed by atoms with Gasteiger partial charge in [0.05, 0.1) is 41.0 Å². The maximum Gasteiger partial charge on any atom is 0.336 e. The number of rotatable bonds is 7. The zero-order chi connectivity index (χ0) is 26.7. The summed E-state index contributed by atoms with van der Waals surface area (Å²) < 4.78 is 10.7. The number of nitrogens with zero attached hydrogens (tertiary/aromatic N) is 1. The van der Waals surface area contributed by atoms with Crippen LogP contribution in [0, 0.1) is 0 Å². The molecule has 37 heavy (non-hydrogen) atoms. The summed E-state index contributed by atoms with van der Waals surface area (Å²) >= 11 is 13.9. The van der Waals surface area contributed by atoms with Gasteiger partial charge in [0.15, 0.2) is 0 Å². The third-order valence-electron chi connectivity index (χ3n) is 5.93. The molecule has 0 fully saturated rings. The van der Waals surface area contributed by atoms with E-state index in [2.05, 4.69) is 5.32 Å². The van der Waals surface area contributed by atoms with Crippen molar-refractivity contribution in [1.82, 2.24) is 10.3 Å². The van der Waals surface area contributed by atoms with Gasteiger partial charge in [0.25, 0.3) is 0 Å². The van der Waals surface area contributed by atoms with Gasteiger partial charge in [-0.2, -0.15) is 0 Å². The lowest BCUT2D eigenvalue weighted by Gasteiger charge is -2.30. The highest BCUT2D eigenvalue weighted by Gasteiger charge is 2.38. The van der Waals surface area contributed by atoms with E-state index in [1.165, 1.54) is 11.3 Å². The van der Waals surface area contributed by atoms with Gasteiger partial charge in [0.1, 0.15) is 5.01 Å². The minimum absolute atomic E-state index is 0.217. The van der Waals surface area contributed by atoms with Gasteiger partial charge in [0.2, 0.25) is 0 Å². The first kappa shape index (κ1) is 26.9. The maximum atomic E-state index is 13.1. The van der Waals surface area contributed by atoms with Crippen molar-refractivity contribution >= 4 is 46.5 Å². The predicted octanol–water partition coefficient (Wildman–Crippen LogP) is 7.14. The molecule has 0 atom stereocenters. The zero-order valence-electron chi connectivity index (χ0n) is 20.9. The molecule has 0 radical (unpaired) electrons. The molecule has 2 heterocycles. The third kappa shape index (κ3) is 5.59. The van der Waals surface area contributed by atoms with E-state index in [4.69, 9.17) is 37.7 Å². The Morgan fingerprint density at radius 2 is 1.62 bits per heavy atom. The Morgan fingerprint density at radius 1 is 0.973 bits per heavy atom. The molecule has 1 aliphatic heterocycles. The highest BCUT2D eigenvalue weighted by atomic mass is 35.5. The van der Waals surface area contributed by atoms with Crippen molar-refractivity contribution in [1.29, 1.82) is 0 Å². The molecule has 2 aromatic carbocycles. The first-order valence-electron chi connectivity index (χ1n) is 11.8. The minimum Gasteiger partial charge on any atom is -0.463 e. The van der Waals surface area contributed by atoms with Crippen molar-refractivity contribution in [3.8, 4) is 21.8 Å². The van der Waals surface area contributed by atoms with Gasteiger partial charge in [0, 0.05) is 32.9 Å². The van der Waals surface area contributed by atoms with Crippen molar-refractivity contribution in [3.63, 3.8) is 0 Å². The summed E-state index contributed by atoms with van der Waals surface area (Å²) in [4.78, 5) is 30.9.